The standard InChI is InChI=1S/C23H30N2O5/c1-3-29-22-16-19(7-8-21(22)27-2)23(26)24-17-18-5-4-6-20(15-18)30-14-11-25-9-12-28-13-10-25/h4-8,15-16H,3,9-14,17H2,1-2H3,(H,24,26). The molecule has 1 fully saturated rings. The van der Waals surface area contributed by atoms with E-state index in [9.17, 15) is 4.79 Å². The highest BCUT2D eigenvalue weighted by Gasteiger charge is 2.12. The number of carbonyl (C=O) groups is 1. The average molecular weight is 415 g/mol. The summed E-state index contributed by atoms with van der Waals surface area (Å²) in [6, 6.07) is 13.0. The molecule has 7 heteroatoms. The highest BCUT2D eigenvalue weighted by Crippen LogP contribution is 2.28. The number of hydrogen-bond donors (Lipinski definition) is 1. The number of ether oxygens (including phenoxy) is 4. The second-order valence-corrected chi connectivity index (χ2v) is 6.93. The molecular formula is C23H30N2O5. The molecule has 1 aliphatic rings. The number of morpholine rings is 1. The highest BCUT2D eigenvalue weighted by molar-refractivity contribution is 5.94. The van der Waals surface area contributed by atoms with Crippen molar-refractivity contribution in [1.29, 1.82) is 0 Å². The first-order valence-electron chi connectivity index (χ1n) is 10.3. The highest BCUT2D eigenvalue weighted by atomic mass is 16.5. The monoisotopic (exact) mass is 414 g/mol. The van der Waals surface area contributed by atoms with Crippen molar-refractivity contribution in [3.63, 3.8) is 0 Å². The van der Waals surface area contributed by atoms with E-state index in [1.165, 1.54) is 0 Å². The van der Waals surface area contributed by atoms with Crippen molar-refractivity contribution in [2.45, 2.75) is 13.5 Å². The predicted octanol–water partition coefficient (Wildman–Crippen LogP) is 2.73. The SMILES string of the molecule is CCOc1cc(C(=O)NCc2cccc(OCCN3CCOCC3)c2)ccc1OC. The molecule has 3 rings (SSSR count). The molecule has 2 aromatic rings. The van der Waals surface area contributed by atoms with E-state index in [2.05, 4.69) is 10.2 Å². The lowest BCUT2D eigenvalue weighted by atomic mass is 10.1. The van der Waals surface area contributed by atoms with Crippen LogP contribution in [0.3, 0.4) is 0 Å². The predicted molar refractivity (Wildman–Crippen MR) is 115 cm³/mol. The topological polar surface area (TPSA) is 69.3 Å². The van der Waals surface area contributed by atoms with Gasteiger partial charge in [0.25, 0.3) is 5.91 Å². The van der Waals surface area contributed by atoms with Crippen molar-refractivity contribution in [3.8, 4) is 17.2 Å². The first-order valence-corrected chi connectivity index (χ1v) is 10.3. The molecule has 2 aromatic carbocycles. The van der Waals surface area contributed by atoms with E-state index < -0.39 is 0 Å². The smallest absolute Gasteiger partial charge is 0.251 e. The Kier molecular flexibility index (Phi) is 8.35. The summed E-state index contributed by atoms with van der Waals surface area (Å²) in [6.45, 7) is 7.78. The summed E-state index contributed by atoms with van der Waals surface area (Å²) in [7, 11) is 1.58. The Bertz CT molecular complexity index is 821. The number of carbonyl (C=O) groups excluding carboxylic acids is 1. The van der Waals surface area contributed by atoms with Crippen molar-refractivity contribution >= 4 is 5.91 Å². The lowest BCUT2D eigenvalue weighted by Crippen LogP contribution is -2.38. The minimum atomic E-state index is -0.169. The van der Waals surface area contributed by atoms with Gasteiger partial charge in [0.05, 0.1) is 26.9 Å². The van der Waals surface area contributed by atoms with Crippen LogP contribution in [0.4, 0.5) is 0 Å². The summed E-state index contributed by atoms with van der Waals surface area (Å²) in [5, 5.41) is 2.94. The van der Waals surface area contributed by atoms with Crippen molar-refractivity contribution in [1.82, 2.24) is 10.2 Å². The van der Waals surface area contributed by atoms with Gasteiger partial charge in [-0.25, -0.2) is 0 Å². The molecule has 7 nitrogen and oxygen atoms in total. The first-order chi connectivity index (χ1) is 14.7. The van der Waals surface area contributed by atoms with E-state index in [-0.39, 0.29) is 5.91 Å². The van der Waals surface area contributed by atoms with Gasteiger partial charge in [0.2, 0.25) is 0 Å². The van der Waals surface area contributed by atoms with Gasteiger partial charge >= 0.3 is 0 Å². The summed E-state index contributed by atoms with van der Waals surface area (Å²) in [4.78, 5) is 14.9. The second kappa shape index (κ2) is 11.4. The fourth-order valence-corrected chi connectivity index (χ4v) is 3.23. The molecule has 0 unspecified atom stereocenters. The van der Waals surface area contributed by atoms with Gasteiger partial charge in [-0.05, 0) is 42.8 Å². The summed E-state index contributed by atoms with van der Waals surface area (Å²) < 4.78 is 22.1. The van der Waals surface area contributed by atoms with Crippen LogP contribution in [0.2, 0.25) is 0 Å². The zero-order valence-electron chi connectivity index (χ0n) is 17.7. The Labute approximate surface area is 177 Å². The maximum absolute atomic E-state index is 12.6. The van der Waals surface area contributed by atoms with Crippen molar-refractivity contribution in [2.24, 2.45) is 0 Å². The summed E-state index contributed by atoms with van der Waals surface area (Å²) in [5.74, 6) is 1.80. The van der Waals surface area contributed by atoms with Crippen LogP contribution in [0.5, 0.6) is 17.2 Å². The molecule has 1 amide bonds. The minimum absolute atomic E-state index is 0.169. The van der Waals surface area contributed by atoms with Crippen LogP contribution in [0.25, 0.3) is 0 Å². The first kappa shape index (κ1) is 21.9. The van der Waals surface area contributed by atoms with Crippen LogP contribution in [-0.4, -0.2) is 64.0 Å². The van der Waals surface area contributed by atoms with Crippen molar-refractivity contribution in [2.75, 3.05) is 53.2 Å². The molecule has 162 valence electrons. The Balaban J connectivity index is 1.51. The van der Waals surface area contributed by atoms with Gasteiger partial charge in [-0.2, -0.15) is 0 Å². The lowest BCUT2D eigenvalue weighted by molar-refractivity contribution is 0.0322. The molecule has 1 saturated heterocycles. The third kappa shape index (κ3) is 6.37. The molecule has 0 radical (unpaired) electrons. The van der Waals surface area contributed by atoms with E-state index in [1.54, 1.807) is 25.3 Å². The fourth-order valence-electron chi connectivity index (χ4n) is 3.23. The third-order valence-electron chi connectivity index (χ3n) is 4.86. The Morgan fingerprint density at radius 2 is 1.93 bits per heavy atom. The molecule has 0 atom stereocenters. The molecular weight excluding hydrogens is 384 g/mol. The van der Waals surface area contributed by atoms with E-state index in [0.29, 0.717) is 36.8 Å². The van der Waals surface area contributed by atoms with Gasteiger partial charge in [-0.3, -0.25) is 9.69 Å². The Hall–Kier alpha value is -2.77. The van der Waals surface area contributed by atoms with Gasteiger partial charge in [-0.1, -0.05) is 12.1 Å². The van der Waals surface area contributed by atoms with Gasteiger partial charge in [0.1, 0.15) is 12.4 Å². The molecule has 0 aliphatic carbocycles. The van der Waals surface area contributed by atoms with E-state index in [0.717, 1.165) is 44.2 Å². The van der Waals surface area contributed by atoms with Crippen molar-refractivity contribution in [3.05, 3.63) is 53.6 Å². The van der Waals surface area contributed by atoms with E-state index in [1.807, 2.05) is 31.2 Å². The lowest BCUT2D eigenvalue weighted by Gasteiger charge is -2.26. The number of methoxy groups -OCH3 is 1. The zero-order valence-corrected chi connectivity index (χ0v) is 17.7. The minimum Gasteiger partial charge on any atom is -0.493 e. The molecule has 0 saturated carbocycles. The van der Waals surface area contributed by atoms with Crippen LogP contribution in [0.15, 0.2) is 42.5 Å². The van der Waals surface area contributed by atoms with Gasteiger partial charge < -0.3 is 24.3 Å². The largest absolute Gasteiger partial charge is 0.493 e. The quantitative estimate of drug-likeness (QED) is 0.645. The Morgan fingerprint density at radius 1 is 1.10 bits per heavy atom. The number of rotatable bonds is 10. The van der Waals surface area contributed by atoms with Crippen LogP contribution in [-0.2, 0) is 11.3 Å². The van der Waals surface area contributed by atoms with Gasteiger partial charge in [0.15, 0.2) is 11.5 Å². The molecule has 30 heavy (non-hydrogen) atoms. The van der Waals surface area contributed by atoms with Crippen LogP contribution in [0, 0.1) is 0 Å². The number of hydrogen-bond acceptors (Lipinski definition) is 6. The molecule has 1 N–H and O–H groups in total. The van der Waals surface area contributed by atoms with Gasteiger partial charge in [-0.15, -0.1) is 0 Å². The van der Waals surface area contributed by atoms with Crippen LogP contribution < -0.4 is 19.5 Å². The number of nitrogens with zero attached hydrogens (tertiary/aromatic N) is 1. The maximum atomic E-state index is 12.6. The fraction of sp³-hybridized carbons (Fsp3) is 0.435. The molecule has 0 aromatic heterocycles. The maximum Gasteiger partial charge on any atom is 0.251 e. The summed E-state index contributed by atoms with van der Waals surface area (Å²) in [5.41, 5.74) is 1.50. The number of benzene rings is 2. The van der Waals surface area contributed by atoms with Crippen molar-refractivity contribution < 1.29 is 23.7 Å². The zero-order chi connectivity index (χ0) is 21.2. The number of nitrogens with one attached hydrogen (secondary N) is 1. The van der Waals surface area contributed by atoms with E-state index in [4.69, 9.17) is 18.9 Å². The van der Waals surface area contributed by atoms with E-state index >= 15 is 0 Å². The average Bonchev–Trinajstić information content (AvgIpc) is 2.79. The molecule has 1 aliphatic heterocycles. The van der Waals surface area contributed by atoms with Crippen LogP contribution >= 0.6 is 0 Å². The number of amides is 1. The summed E-state index contributed by atoms with van der Waals surface area (Å²) in [6.07, 6.45) is 0. The molecule has 0 bridgehead atoms. The summed E-state index contributed by atoms with van der Waals surface area (Å²) >= 11 is 0. The Morgan fingerprint density at radius 3 is 2.70 bits per heavy atom. The normalized spacial score (nSPS) is 14.2. The molecule has 1 heterocycles. The van der Waals surface area contributed by atoms with Gasteiger partial charge in [0, 0.05) is 31.7 Å². The second-order valence-electron chi connectivity index (χ2n) is 6.93. The molecule has 0 spiro atoms. The van der Waals surface area contributed by atoms with Crippen LogP contribution in [0.1, 0.15) is 22.8 Å². The third-order valence-corrected chi connectivity index (χ3v) is 4.86.